The standard InChI is InChI=1S/C20H16ClNO2S/c1-20(18-3-2-10-25-18)16-11-14(13-4-7-15(21)8-5-13)6-9-17(16)22-19(23)12-24-20/h2-11H,12H2,1H3,(H,22,23). The van der Waals surface area contributed by atoms with Crippen LogP contribution in [0, 0.1) is 0 Å². The number of halogens is 1. The molecule has 1 aliphatic heterocycles. The number of ether oxygens (including phenoxy) is 1. The minimum Gasteiger partial charge on any atom is -0.355 e. The van der Waals surface area contributed by atoms with E-state index in [-0.39, 0.29) is 12.5 Å². The Morgan fingerprint density at radius 1 is 1.12 bits per heavy atom. The molecule has 0 saturated carbocycles. The molecule has 5 heteroatoms. The number of benzene rings is 2. The van der Waals surface area contributed by atoms with E-state index in [9.17, 15) is 4.79 Å². The van der Waals surface area contributed by atoms with Crippen LogP contribution in [0.2, 0.25) is 5.02 Å². The first-order valence-electron chi connectivity index (χ1n) is 7.94. The number of hydrogen-bond donors (Lipinski definition) is 1. The number of hydrogen-bond acceptors (Lipinski definition) is 3. The molecule has 1 unspecified atom stereocenters. The lowest BCUT2D eigenvalue weighted by molar-refractivity contribution is -0.124. The van der Waals surface area contributed by atoms with Crippen molar-refractivity contribution in [2.75, 3.05) is 11.9 Å². The fourth-order valence-electron chi connectivity index (χ4n) is 3.10. The number of fused-ring (bicyclic) bond motifs is 1. The number of anilines is 1. The monoisotopic (exact) mass is 369 g/mol. The molecule has 1 atom stereocenters. The average Bonchev–Trinajstić information content (AvgIpc) is 3.12. The zero-order valence-corrected chi connectivity index (χ0v) is 15.2. The molecule has 4 rings (SSSR count). The van der Waals surface area contributed by atoms with Gasteiger partial charge in [-0.2, -0.15) is 0 Å². The van der Waals surface area contributed by atoms with Crippen molar-refractivity contribution in [1.82, 2.24) is 0 Å². The number of nitrogens with one attached hydrogen (secondary N) is 1. The van der Waals surface area contributed by atoms with Gasteiger partial charge in [0.15, 0.2) is 0 Å². The summed E-state index contributed by atoms with van der Waals surface area (Å²) in [5, 5.41) is 5.67. The molecule has 0 radical (unpaired) electrons. The van der Waals surface area contributed by atoms with Gasteiger partial charge in [0, 0.05) is 21.2 Å². The lowest BCUT2D eigenvalue weighted by Gasteiger charge is -2.29. The second-order valence-corrected chi connectivity index (χ2v) is 7.50. The number of thiophene rings is 1. The van der Waals surface area contributed by atoms with E-state index in [1.54, 1.807) is 11.3 Å². The normalized spacial score (nSPS) is 19.8. The van der Waals surface area contributed by atoms with Crippen LogP contribution in [0.25, 0.3) is 11.1 Å². The summed E-state index contributed by atoms with van der Waals surface area (Å²) in [6, 6.07) is 17.8. The molecule has 0 aliphatic carbocycles. The predicted molar refractivity (Wildman–Crippen MR) is 102 cm³/mol. The maximum atomic E-state index is 12.0. The summed E-state index contributed by atoms with van der Waals surface area (Å²) in [6.07, 6.45) is 0. The lowest BCUT2D eigenvalue weighted by Crippen LogP contribution is -2.27. The fourth-order valence-corrected chi connectivity index (χ4v) is 4.08. The smallest absolute Gasteiger partial charge is 0.250 e. The van der Waals surface area contributed by atoms with E-state index >= 15 is 0 Å². The van der Waals surface area contributed by atoms with Gasteiger partial charge in [-0.1, -0.05) is 35.9 Å². The third-order valence-electron chi connectivity index (χ3n) is 4.47. The Morgan fingerprint density at radius 2 is 1.88 bits per heavy atom. The van der Waals surface area contributed by atoms with E-state index in [1.807, 2.05) is 60.8 Å². The van der Waals surface area contributed by atoms with Crippen molar-refractivity contribution in [2.45, 2.75) is 12.5 Å². The van der Waals surface area contributed by atoms with Crippen LogP contribution in [-0.4, -0.2) is 12.5 Å². The van der Waals surface area contributed by atoms with Crippen LogP contribution < -0.4 is 5.32 Å². The zero-order chi connectivity index (χ0) is 17.4. The van der Waals surface area contributed by atoms with Crippen LogP contribution >= 0.6 is 22.9 Å². The average molecular weight is 370 g/mol. The highest BCUT2D eigenvalue weighted by Crippen LogP contribution is 2.42. The van der Waals surface area contributed by atoms with Crippen molar-refractivity contribution >= 4 is 34.5 Å². The van der Waals surface area contributed by atoms with Gasteiger partial charge in [-0.05, 0) is 53.8 Å². The third-order valence-corrected chi connectivity index (χ3v) is 5.79. The highest BCUT2D eigenvalue weighted by atomic mass is 35.5. The van der Waals surface area contributed by atoms with Gasteiger partial charge in [-0.3, -0.25) is 4.79 Å². The lowest BCUT2D eigenvalue weighted by atomic mass is 9.89. The van der Waals surface area contributed by atoms with Gasteiger partial charge in [-0.25, -0.2) is 0 Å². The molecule has 2 aromatic carbocycles. The molecular formula is C20H16ClNO2S. The van der Waals surface area contributed by atoms with Gasteiger partial charge >= 0.3 is 0 Å². The Hall–Kier alpha value is -2.14. The Labute approximate surface area is 155 Å². The molecule has 1 N–H and O–H groups in total. The molecule has 0 bridgehead atoms. The fraction of sp³-hybridized carbons (Fsp3) is 0.150. The maximum absolute atomic E-state index is 12.0. The first kappa shape index (κ1) is 16.3. The van der Waals surface area contributed by atoms with E-state index in [2.05, 4.69) is 11.4 Å². The van der Waals surface area contributed by atoms with Crippen LogP contribution in [0.15, 0.2) is 60.0 Å². The number of carbonyl (C=O) groups excluding carboxylic acids is 1. The first-order chi connectivity index (χ1) is 12.1. The summed E-state index contributed by atoms with van der Waals surface area (Å²) in [5.41, 5.74) is 3.18. The molecule has 0 spiro atoms. The summed E-state index contributed by atoms with van der Waals surface area (Å²) in [7, 11) is 0. The van der Waals surface area contributed by atoms with Gasteiger partial charge in [-0.15, -0.1) is 11.3 Å². The SMILES string of the molecule is CC1(c2cccs2)OCC(=O)Nc2ccc(-c3ccc(Cl)cc3)cc21. The highest BCUT2D eigenvalue weighted by Gasteiger charge is 2.36. The van der Waals surface area contributed by atoms with Crippen molar-refractivity contribution in [3.05, 3.63) is 75.4 Å². The second-order valence-electron chi connectivity index (χ2n) is 6.11. The van der Waals surface area contributed by atoms with Gasteiger partial charge in [0.05, 0.1) is 0 Å². The van der Waals surface area contributed by atoms with E-state index in [4.69, 9.17) is 16.3 Å². The molecule has 126 valence electrons. The Bertz CT molecular complexity index is 921. The van der Waals surface area contributed by atoms with E-state index < -0.39 is 5.60 Å². The van der Waals surface area contributed by atoms with Gasteiger partial charge in [0.1, 0.15) is 12.2 Å². The minimum atomic E-state index is -0.676. The number of carbonyl (C=O) groups is 1. The summed E-state index contributed by atoms with van der Waals surface area (Å²) in [4.78, 5) is 13.1. The van der Waals surface area contributed by atoms with Crippen LogP contribution in [0.1, 0.15) is 17.4 Å². The number of amides is 1. The van der Waals surface area contributed by atoms with E-state index in [1.165, 1.54) is 0 Å². The molecule has 0 saturated heterocycles. The van der Waals surface area contributed by atoms with Gasteiger partial charge in [0.2, 0.25) is 5.91 Å². The maximum Gasteiger partial charge on any atom is 0.250 e. The molecule has 1 amide bonds. The Kier molecular flexibility index (Phi) is 4.12. The first-order valence-corrected chi connectivity index (χ1v) is 9.20. The van der Waals surface area contributed by atoms with Gasteiger partial charge < -0.3 is 10.1 Å². The Balaban J connectivity index is 1.88. The summed E-state index contributed by atoms with van der Waals surface area (Å²) >= 11 is 7.62. The molecule has 25 heavy (non-hydrogen) atoms. The van der Waals surface area contributed by atoms with Gasteiger partial charge in [0.25, 0.3) is 0 Å². The topological polar surface area (TPSA) is 38.3 Å². The summed E-state index contributed by atoms with van der Waals surface area (Å²) in [6.45, 7) is 2.04. The minimum absolute atomic E-state index is 0.0271. The molecular weight excluding hydrogens is 354 g/mol. The van der Waals surface area contributed by atoms with Crippen LogP contribution in [0.3, 0.4) is 0 Å². The molecule has 3 nitrogen and oxygen atoms in total. The van der Waals surface area contributed by atoms with Crippen molar-refractivity contribution in [3.63, 3.8) is 0 Å². The molecule has 0 fully saturated rings. The third kappa shape index (κ3) is 2.97. The highest BCUT2D eigenvalue weighted by molar-refractivity contribution is 7.10. The van der Waals surface area contributed by atoms with E-state index in [0.717, 1.165) is 27.3 Å². The summed E-state index contributed by atoms with van der Waals surface area (Å²) in [5.74, 6) is -0.138. The molecule has 1 aliphatic rings. The zero-order valence-electron chi connectivity index (χ0n) is 13.6. The number of rotatable bonds is 2. The van der Waals surface area contributed by atoms with Crippen LogP contribution in [0.4, 0.5) is 5.69 Å². The van der Waals surface area contributed by atoms with Crippen molar-refractivity contribution in [2.24, 2.45) is 0 Å². The molecule has 3 aromatic rings. The van der Waals surface area contributed by atoms with Crippen molar-refractivity contribution in [3.8, 4) is 11.1 Å². The molecule has 1 aromatic heterocycles. The summed E-state index contributed by atoms with van der Waals surface area (Å²) < 4.78 is 6.06. The molecule has 2 heterocycles. The quantitative estimate of drug-likeness (QED) is 0.665. The second kappa shape index (κ2) is 6.30. The Morgan fingerprint density at radius 3 is 2.60 bits per heavy atom. The van der Waals surface area contributed by atoms with Crippen molar-refractivity contribution < 1.29 is 9.53 Å². The van der Waals surface area contributed by atoms with Crippen molar-refractivity contribution in [1.29, 1.82) is 0 Å². The largest absolute Gasteiger partial charge is 0.355 e. The van der Waals surface area contributed by atoms with Crippen LogP contribution in [0.5, 0.6) is 0 Å². The van der Waals surface area contributed by atoms with Crippen LogP contribution in [-0.2, 0) is 15.1 Å². The predicted octanol–water partition coefficient (Wildman–Crippen LogP) is 5.30. The van der Waals surface area contributed by atoms with E-state index in [0.29, 0.717) is 5.02 Å².